The van der Waals surface area contributed by atoms with Crippen LogP contribution in [-0.2, 0) is 5.41 Å². The minimum Gasteiger partial charge on any atom is -0.309 e. The average molecular weight is 940 g/mol. The zero-order valence-corrected chi connectivity index (χ0v) is 40.7. The SMILES string of the molecule is c1ccc(-c2c(-c3ccccc3)c3cc(-c4ccccc4N(c4ccc(-c5ccc6ccccc6c5)cc4)c4cccc5c4-c4ccccc4C5(c4ccccc4)c4ccccc4)ccc3c3ccccc23)cc1. The Kier molecular flexibility index (Phi) is 10.5. The maximum Gasteiger partial charge on any atom is 0.0714 e. The highest BCUT2D eigenvalue weighted by molar-refractivity contribution is 6.22. The van der Waals surface area contributed by atoms with Crippen LogP contribution in [0, 0.1) is 0 Å². The second-order valence-electron chi connectivity index (χ2n) is 19.5. The molecule has 1 heteroatoms. The second kappa shape index (κ2) is 17.9. The van der Waals surface area contributed by atoms with E-state index >= 15 is 0 Å². The maximum absolute atomic E-state index is 2.53. The monoisotopic (exact) mass is 939 g/mol. The molecule has 1 nitrogen and oxygen atoms in total. The first-order chi connectivity index (χ1) is 36.7. The summed E-state index contributed by atoms with van der Waals surface area (Å²) in [6, 6.07) is 110. The molecule has 1 aliphatic rings. The van der Waals surface area contributed by atoms with Gasteiger partial charge >= 0.3 is 0 Å². The molecule has 1 aliphatic carbocycles. The zero-order valence-electron chi connectivity index (χ0n) is 40.7. The van der Waals surface area contributed by atoms with Crippen LogP contribution in [0.4, 0.5) is 17.1 Å². The molecule has 0 bridgehead atoms. The highest BCUT2D eigenvalue weighted by Crippen LogP contribution is 2.60. The quantitative estimate of drug-likeness (QED) is 0.130. The average Bonchev–Trinajstić information content (AvgIpc) is 3.80. The third kappa shape index (κ3) is 6.93. The van der Waals surface area contributed by atoms with Crippen LogP contribution in [-0.4, -0.2) is 0 Å². The van der Waals surface area contributed by atoms with Gasteiger partial charge in [0.1, 0.15) is 0 Å². The highest BCUT2D eigenvalue weighted by atomic mass is 15.1. The number of nitrogens with zero attached hydrogens (tertiary/aromatic N) is 1. The second-order valence-corrected chi connectivity index (χ2v) is 19.5. The van der Waals surface area contributed by atoms with Gasteiger partial charge in [0.25, 0.3) is 0 Å². The molecule has 0 N–H and O–H groups in total. The number of rotatable bonds is 9. The van der Waals surface area contributed by atoms with Crippen LogP contribution in [0.15, 0.2) is 297 Å². The van der Waals surface area contributed by atoms with Gasteiger partial charge in [-0.1, -0.05) is 261 Å². The van der Waals surface area contributed by atoms with Gasteiger partial charge in [-0.05, 0) is 135 Å². The first-order valence-electron chi connectivity index (χ1n) is 25.7. The fourth-order valence-corrected chi connectivity index (χ4v) is 12.3. The van der Waals surface area contributed by atoms with Gasteiger partial charge in [-0.3, -0.25) is 0 Å². The predicted molar refractivity (Wildman–Crippen MR) is 313 cm³/mol. The van der Waals surface area contributed by atoms with E-state index in [0.717, 1.165) is 28.2 Å². The van der Waals surface area contributed by atoms with Crippen LogP contribution in [0.25, 0.3) is 88.0 Å². The van der Waals surface area contributed by atoms with Crippen molar-refractivity contribution >= 4 is 49.4 Å². The summed E-state index contributed by atoms with van der Waals surface area (Å²) in [7, 11) is 0. The summed E-state index contributed by atoms with van der Waals surface area (Å²) in [5.74, 6) is 0. The normalized spacial score (nSPS) is 12.4. The van der Waals surface area contributed by atoms with Crippen molar-refractivity contribution in [1.29, 1.82) is 0 Å². The van der Waals surface area contributed by atoms with Gasteiger partial charge < -0.3 is 4.90 Å². The van der Waals surface area contributed by atoms with Crippen LogP contribution >= 0.6 is 0 Å². The predicted octanol–water partition coefficient (Wildman–Crippen LogP) is 19.6. The van der Waals surface area contributed by atoms with Gasteiger partial charge in [0, 0.05) is 16.8 Å². The van der Waals surface area contributed by atoms with Crippen molar-refractivity contribution in [1.82, 2.24) is 0 Å². The Morgan fingerprint density at radius 1 is 0.243 bits per heavy atom. The largest absolute Gasteiger partial charge is 0.309 e. The van der Waals surface area contributed by atoms with E-state index in [2.05, 4.69) is 302 Å². The van der Waals surface area contributed by atoms with Gasteiger partial charge in [-0.25, -0.2) is 0 Å². The van der Waals surface area contributed by atoms with Crippen molar-refractivity contribution in [2.24, 2.45) is 0 Å². The molecule has 346 valence electrons. The van der Waals surface area contributed by atoms with E-state index in [1.807, 2.05) is 0 Å². The zero-order chi connectivity index (χ0) is 49.0. The Morgan fingerprint density at radius 3 is 1.45 bits per heavy atom. The topological polar surface area (TPSA) is 3.24 Å². The van der Waals surface area contributed by atoms with Gasteiger partial charge in [0.05, 0.1) is 16.8 Å². The lowest BCUT2D eigenvalue weighted by Gasteiger charge is -2.34. The van der Waals surface area contributed by atoms with Crippen LogP contribution < -0.4 is 4.90 Å². The van der Waals surface area contributed by atoms with Gasteiger partial charge in [-0.2, -0.15) is 0 Å². The third-order valence-electron chi connectivity index (χ3n) is 15.5. The van der Waals surface area contributed by atoms with Crippen molar-refractivity contribution in [2.75, 3.05) is 4.90 Å². The van der Waals surface area contributed by atoms with E-state index in [9.17, 15) is 0 Å². The third-order valence-corrected chi connectivity index (χ3v) is 15.5. The van der Waals surface area contributed by atoms with E-state index in [0.29, 0.717) is 0 Å². The summed E-state index contributed by atoms with van der Waals surface area (Å²) in [4.78, 5) is 2.53. The summed E-state index contributed by atoms with van der Waals surface area (Å²) in [6.07, 6.45) is 0. The molecule has 0 spiro atoms. The number of anilines is 3. The van der Waals surface area contributed by atoms with Crippen molar-refractivity contribution < 1.29 is 0 Å². The van der Waals surface area contributed by atoms with E-state index in [1.165, 1.54) is 99.1 Å². The first kappa shape index (κ1) is 43.2. The van der Waals surface area contributed by atoms with Crippen LogP contribution in [0.5, 0.6) is 0 Å². The Hall–Kier alpha value is -9.56. The summed E-state index contributed by atoms with van der Waals surface area (Å²) in [6.45, 7) is 0. The smallest absolute Gasteiger partial charge is 0.0714 e. The molecular formula is C73H49N. The van der Waals surface area contributed by atoms with Crippen molar-refractivity contribution in [3.05, 3.63) is 320 Å². The number of hydrogen-bond donors (Lipinski definition) is 0. The molecule has 0 radical (unpaired) electrons. The van der Waals surface area contributed by atoms with Gasteiger partial charge in [-0.15, -0.1) is 0 Å². The molecule has 0 heterocycles. The molecule has 0 fully saturated rings. The number of benzene rings is 13. The van der Waals surface area contributed by atoms with Crippen molar-refractivity contribution in [3.63, 3.8) is 0 Å². The molecule has 0 aliphatic heterocycles. The molecule has 0 atom stereocenters. The maximum atomic E-state index is 2.53. The lowest BCUT2D eigenvalue weighted by atomic mass is 9.68. The Balaban J connectivity index is 1.04. The summed E-state index contributed by atoms with van der Waals surface area (Å²) >= 11 is 0. The Labute approximate surface area is 432 Å². The van der Waals surface area contributed by atoms with Gasteiger partial charge in [0.2, 0.25) is 0 Å². The minimum atomic E-state index is -0.555. The minimum absolute atomic E-state index is 0.555. The fourth-order valence-electron chi connectivity index (χ4n) is 12.3. The Morgan fingerprint density at radius 2 is 0.743 bits per heavy atom. The lowest BCUT2D eigenvalue weighted by Crippen LogP contribution is -2.28. The van der Waals surface area contributed by atoms with E-state index in [-0.39, 0.29) is 0 Å². The summed E-state index contributed by atoms with van der Waals surface area (Å²) in [5, 5.41) is 7.42. The Bertz CT molecular complexity index is 4180. The fraction of sp³-hybridized carbons (Fsp3) is 0.0137. The molecule has 0 aromatic heterocycles. The molecular weight excluding hydrogens is 891 g/mol. The molecule has 74 heavy (non-hydrogen) atoms. The van der Waals surface area contributed by atoms with Crippen LogP contribution in [0.1, 0.15) is 22.3 Å². The van der Waals surface area contributed by atoms with Crippen molar-refractivity contribution in [2.45, 2.75) is 5.41 Å². The summed E-state index contributed by atoms with van der Waals surface area (Å²) < 4.78 is 0. The molecule has 0 saturated carbocycles. The van der Waals surface area contributed by atoms with E-state index in [4.69, 9.17) is 0 Å². The number of para-hydroxylation sites is 1. The molecule has 0 saturated heterocycles. The van der Waals surface area contributed by atoms with E-state index < -0.39 is 5.41 Å². The van der Waals surface area contributed by atoms with Crippen LogP contribution in [0.3, 0.4) is 0 Å². The standard InChI is InChI=1S/C73H49N/c1-5-23-52(24-6-1)70-63-34-16-15-33-61(63)62-47-44-56(49-65(62)71(70)53-25-7-2-8-26-53)60-32-18-20-38-68(60)74(59-45-42-51(43-46-59)55-41-40-50-22-13-14-27-54(50)48-55)69-39-21-37-67-72(69)64-35-17-19-36-66(64)73(67,57-28-9-3-10-29-57)58-30-11-4-12-31-58/h1-49H. The lowest BCUT2D eigenvalue weighted by molar-refractivity contribution is 0.768. The first-order valence-corrected chi connectivity index (χ1v) is 25.7. The number of fused-ring (bicyclic) bond motifs is 7. The van der Waals surface area contributed by atoms with E-state index in [1.54, 1.807) is 0 Å². The van der Waals surface area contributed by atoms with Crippen LogP contribution in [0.2, 0.25) is 0 Å². The molecule has 13 aromatic rings. The highest BCUT2D eigenvalue weighted by Gasteiger charge is 2.47. The molecule has 0 unspecified atom stereocenters. The molecule has 14 rings (SSSR count). The van der Waals surface area contributed by atoms with Crippen molar-refractivity contribution in [3.8, 4) is 55.6 Å². The molecule has 0 amide bonds. The number of hydrogen-bond acceptors (Lipinski definition) is 1. The summed E-state index contributed by atoms with van der Waals surface area (Å²) in [5.41, 5.74) is 19.8. The molecule has 13 aromatic carbocycles. The van der Waals surface area contributed by atoms with Gasteiger partial charge in [0.15, 0.2) is 0 Å².